The molecule has 32 heavy (non-hydrogen) atoms. The Kier molecular flexibility index (Phi) is 5.66. The number of carbonyl (C=O) groups is 1. The molecule has 0 spiro atoms. The number of halogens is 1. The van der Waals surface area contributed by atoms with Crippen molar-refractivity contribution in [3.8, 4) is 5.75 Å². The van der Waals surface area contributed by atoms with E-state index >= 15 is 0 Å². The van der Waals surface area contributed by atoms with Gasteiger partial charge in [0.15, 0.2) is 0 Å². The largest absolute Gasteiger partial charge is 0.497 e. The lowest BCUT2D eigenvalue weighted by Crippen LogP contribution is -2.43. The summed E-state index contributed by atoms with van der Waals surface area (Å²) in [5.74, 6) is 1.68. The highest BCUT2D eigenvalue weighted by Gasteiger charge is 2.27. The minimum Gasteiger partial charge on any atom is -0.497 e. The van der Waals surface area contributed by atoms with E-state index in [1.54, 1.807) is 7.11 Å². The lowest BCUT2D eigenvalue weighted by Gasteiger charge is -2.31. The Labute approximate surface area is 191 Å². The Bertz CT molecular complexity index is 1260. The summed E-state index contributed by atoms with van der Waals surface area (Å²) in [6.45, 7) is 2.14. The van der Waals surface area contributed by atoms with Crippen LogP contribution in [0.4, 0.5) is 5.95 Å². The van der Waals surface area contributed by atoms with E-state index in [-0.39, 0.29) is 11.8 Å². The topological polar surface area (TPSA) is 86.0 Å². The van der Waals surface area contributed by atoms with Gasteiger partial charge in [-0.1, -0.05) is 11.6 Å². The number of methoxy groups -OCH3 is 1. The van der Waals surface area contributed by atoms with Gasteiger partial charge in [-0.15, -0.1) is 0 Å². The predicted molar refractivity (Wildman–Crippen MR) is 128 cm³/mol. The normalized spacial score (nSPS) is 16.6. The summed E-state index contributed by atoms with van der Waals surface area (Å²) in [5, 5.41) is 4.94. The number of aromatic nitrogens is 3. The summed E-state index contributed by atoms with van der Waals surface area (Å²) in [4.78, 5) is 26.3. The zero-order valence-electron chi connectivity index (χ0n) is 18.0. The molecule has 0 bridgehead atoms. The number of aromatic amines is 2. The Balaban J connectivity index is 1.20. The summed E-state index contributed by atoms with van der Waals surface area (Å²) in [7, 11) is 1.67. The second-order valence-electron chi connectivity index (χ2n) is 8.27. The number of benzene rings is 2. The van der Waals surface area contributed by atoms with Gasteiger partial charge in [-0.3, -0.25) is 4.79 Å². The third-order valence-corrected chi connectivity index (χ3v) is 6.43. The molecule has 5 rings (SSSR count). The summed E-state index contributed by atoms with van der Waals surface area (Å²) in [6.07, 6.45) is 4.61. The quantitative estimate of drug-likeness (QED) is 0.408. The third-order valence-electron chi connectivity index (χ3n) is 6.19. The van der Waals surface area contributed by atoms with Crippen molar-refractivity contribution in [2.24, 2.45) is 5.92 Å². The molecule has 1 amide bonds. The van der Waals surface area contributed by atoms with Crippen molar-refractivity contribution in [2.45, 2.75) is 19.3 Å². The molecule has 0 radical (unpaired) electrons. The maximum Gasteiger partial charge on any atom is 0.224 e. The van der Waals surface area contributed by atoms with Gasteiger partial charge in [0.05, 0.1) is 24.1 Å². The number of piperidine rings is 1. The van der Waals surface area contributed by atoms with Crippen LogP contribution in [-0.2, 0) is 11.2 Å². The van der Waals surface area contributed by atoms with Crippen LogP contribution in [0.5, 0.6) is 5.75 Å². The fraction of sp³-hybridized carbons (Fsp3) is 0.333. The van der Waals surface area contributed by atoms with Gasteiger partial charge in [0, 0.05) is 41.8 Å². The van der Waals surface area contributed by atoms with Gasteiger partial charge in [0.2, 0.25) is 11.9 Å². The summed E-state index contributed by atoms with van der Waals surface area (Å²) in [5.41, 5.74) is 4.04. The van der Waals surface area contributed by atoms with Crippen molar-refractivity contribution in [1.82, 2.24) is 20.3 Å². The Morgan fingerprint density at radius 3 is 3.06 bits per heavy atom. The first-order valence-corrected chi connectivity index (χ1v) is 11.3. The minimum atomic E-state index is -0.0522. The Hall–Kier alpha value is -3.19. The number of fused-ring (bicyclic) bond motifs is 2. The van der Waals surface area contributed by atoms with Crippen LogP contribution in [0.1, 0.15) is 18.4 Å². The van der Waals surface area contributed by atoms with Gasteiger partial charge in [-0.2, -0.15) is 0 Å². The number of imidazole rings is 1. The van der Waals surface area contributed by atoms with E-state index in [0.29, 0.717) is 18.1 Å². The molecule has 3 N–H and O–H groups in total. The molecule has 1 atom stereocenters. The van der Waals surface area contributed by atoms with Crippen LogP contribution < -0.4 is 15.0 Å². The van der Waals surface area contributed by atoms with Crippen molar-refractivity contribution in [2.75, 3.05) is 31.6 Å². The molecule has 8 heteroatoms. The van der Waals surface area contributed by atoms with Crippen LogP contribution in [0.15, 0.2) is 42.6 Å². The maximum atomic E-state index is 12.9. The highest BCUT2D eigenvalue weighted by Crippen LogP contribution is 2.26. The molecule has 1 saturated heterocycles. The van der Waals surface area contributed by atoms with Crippen molar-refractivity contribution in [1.29, 1.82) is 0 Å². The summed E-state index contributed by atoms with van der Waals surface area (Å²) >= 11 is 6.09. The van der Waals surface area contributed by atoms with E-state index in [1.807, 2.05) is 42.6 Å². The van der Waals surface area contributed by atoms with Gasteiger partial charge < -0.3 is 24.9 Å². The van der Waals surface area contributed by atoms with E-state index in [4.69, 9.17) is 16.3 Å². The van der Waals surface area contributed by atoms with Crippen molar-refractivity contribution >= 4 is 45.4 Å². The second kappa shape index (κ2) is 8.74. The number of carbonyl (C=O) groups excluding carboxylic acids is 1. The SMILES string of the molecule is COc1ccc2[nH]cc(CCNC(=O)C3CCCN(c4nc5ccc(Cl)cc5[nH]4)C3)c2c1. The number of nitrogens with one attached hydrogen (secondary N) is 3. The van der Waals surface area contributed by atoms with Crippen molar-refractivity contribution in [3.63, 3.8) is 0 Å². The monoisotopic (exact) mass is 451 g/mol. The lowest BCUT2D eigenvalue weighted by atomic mass is 9.97. The van der Waals surface area contributed by atoms with E-state index < -0.39 is 0 Å². The first kappa shape index (κ1) is 20.7. The van der Waals surface area contributed by atoms with Gasteiger partial charge in [0.1, 0.15) is 5.75 Å². The Morgan fingerprint density at radius 2 is 2.19 bits per heavy atom. The predicted octanol–water partition coefficient (Wildman–Crippen LogP) is 4.28. The fourth-order valence-electron chi connectivity index (χ4n) is 4.46. The average molecular weight is 452 g/mol. The molecule has 0 aliphatic carbocycles. The first-order valence-electron chi connectivity index (χ1n) is 10.9. The molecule has 1 aliphatic heterocycles. The molecule has 1 unspecified atom stereocenters. The smallest absolute Gasteiger partial charge is 0.224 e. The van der Waals surface area contributed by atoms with Gasteiger partial charge >= 0.3 is 0 Å². The summed E-state index contributed by atoms with van der Waals surface area (Å²) < 4.78 is 5.34. The number of hydrogen-bond acceptors (Lipinski definition) is 4. The van der Waals surface area contributed by atoms with Crippen molar-refractivity contribution < 1.29 is 9.53 Å². The van der Waals surface area contributed by atoms with Crippen molar-refractivity contribution in [3.05, 3.63) is 53.2 Å². The molecular formula is C24H26ClN5O2. The highest BCUT2D eigenvalue weighted by atomic mass is 35.5. The second-order valence-corrected chi connectivity index (χ2v) is 8.71. The molecule has 2 aromatic heterocycles. The Morgan fingerprint density at radius 1 is 1.28 bits per heavy atom. The zero-order valence-corrected chi connectivity index (χ0v) is 18.7. The molecule has 2 aromatic carbocycles. The van der Waals surface area contributed by atoms with Crippen LogP contribution >= 0.6 is 11.6 Å². The molecule has 4 aromatic rings. The van der Waals surface area contributed by atoms with Crippen LogP contribution in [-0.4, -0.2) is 47.6 Å². The average Bonchev–Trinajstić information content (AvgIpc) is 3.42. The molecule has 1 aliphatic rings. The van der Waals surface area contributed by atoms with Crippen LogP contribution in [0.2, 0.25) is 5.02 Å². The van der Waals surface area contributed by atoms with Gasteiger partial charge in [-0.25, -0.2) is 4.98 Å². The zero-order chi connectivity index (χ0) is 22.1. The van der Waals surface area contributed by atoms with Gasteiger partial charge in [-0.05, 0) is 61.2 Å². The van der Waals surface area contributed by atoms with Crippen LogP contribution in [0.25, 0.3) is 21.9 Å². The molecule has 7 nitrogen and oxygen atoms in total. The number of hydrogen-bond donors (Lipinski definition) is 3. The third kappa shape index (κ3) is 4.12. The minimum absolute atomic E-state index is 0.0522. The number of amides is 1. The lowest BCUT2D eigenvalue weighted by molar-refractivity contribution is -0.125. The van der Waals surface area contributed by atoms with Gasteiger partial charge in [0.25, 0.3) is 0 Å². The van der Waals surface area contributed by atoms with Crippen LogP contribution in [0, 0.1) is 5.92 Å². The number of rotatable bonds is 6. The van der Waals surface area contributed by atoms with Crippen LogP contribution in [0.3, 0.4) is 0 Å². The molecule has 0 saturated carbocycles. The number of anilines is 1. The molecule has 3 heterocycles. The first-order chi connectivity index (χ1) is 15.6. The van der Waals surface area contributed by atoms with E-state index in [9.17, 15) is 4.79 Å². The standard InChI is InChI=1S/C24H26ClN5O2/c1-32-18-5-7-20-19(12-18)15(13-27-20)8-9-26-23(31)16-3-2-10-30(14-16)24-28-21-6-4-17(25)11-22(21)29-24/h4-7,11-13,16,27H,2-3,8-10,14H2,1H3,(H,26,31)(H,28,29). The fourth-order valence-corrected chi connectivity index (χ4v) is 4.63. The number of nitrogens with zero attached hydrogens (tertiary/aromatic N) is 2. The summed E-state index contributed by atoms with van der Waals surface area (Å²) in [6, 6.07) is 11.6. The number of ether oxygens (including phenoxy) is 1. The maximum absolute atomic E-state index is 12.9. The van der Waals surface area contributed by atoms with E-state index in [1.165, 1.54) is 5.56 Å². The highest BCUT2D eigenvalue weighted by molar-refractivity contribution is 6.31. The van der Waals surface area contributed by atoms with E-state index in [2.05, 4.69) is 25.2 Å². The van der Waals surface area contributed by atoms with E-state index in [0.717, 1.165) is 59.4 Å². The number of H-pyrrole nitrogens is 2. The molecular weight excluding hydrogens is 426 g/mol. The molecule has 166 valence electrons. The molecule has 1 fully saturated rings.